The second-order valence-electron chi connectivity index (χ2n) is 13.1. The molecular formula is C32H42N2O8. The number of ketones is 1. The number of amides is 1. The number of hydrogen-bond acceptors (Lipinski definition) is 8. The Kier molecular flexibility index (Phi) is 8.35. The molecule has 0 radical (unpaired) electrons. The summed E-state index contributed by atoms with van der Waals surface area (Å²) in [5.74, 6) is -2.04. The molecule has 1 aromatic rings. The average molecular weight is 583 g/mol. The number of Topliss-reactive ketones (excluding diaryl/α,β-unsaturated/α-hetero) is 1. The highest BCUT2D eigenvalue weighted by Crippen LogP contribution is 2.67. The molecule has 0 aromatic heterocycles. The van der Waals surface area contributed by atoms with Gasteiger partial charge in [0.25, 0.3) is 5.91 Å². The zero-order chi connectivity index (χ0) is 30.3. The van der Waals surface area contributed by atoms with Gasteiger partial charge in [0.1, 0.15) is 18.2 Å². The minimum atomic E-state index is -1.61. The SMILES string of the molecule is C[C@]12CC/C(=N\OCC(=O)N[C@H](Cc3ccccc3)C(=O)O)C=C1CC[C@@H]1[C@@H]2[C@H](O)C[C@@]2(C)[C@H]1CC[C@]2(O)C(=O)CO. The third-order valence-electron chi connectivity index (χ3n) is 11.0. The van der Waals surface area contributed by atoms with Crippen molar-refractivity contribution in [3.05, 3.63) is 47.5 Å². The van der Waals surface area contributed by atoms with Gasteiger partial charge in [-0.3, -0.25) is 9.59 Å². The lowest BCUT2D eigenvalue weighted by molar-refractivity contribution is -0.181. The maximum Gasteiger partial charge on any atom is 0.326 e. The fraction of sp³-hybridized carbons (Fsp3) is 0.625. The summed E-state index contributed by atoms with van der Waals surface area (Å²) in [4.78, 5) is 42.0. The van der Waals surface area contributed by atoms with E-state index in [1.807, 2.05) is 31.2 Å². The summed E-state index contributed by atoms with van der Waals surface area (Å²) in [6.45, 7) is 2.99. The summed E-state index contributed by atoms with van der Waals surface area (Å²) in [5.41, 5.74) is 0.0184. The Morgan fingerprint density at radius 2 is 1.86 bits per heavy atom. The summed E-state index contributed by atoms with van der Waals surface area (Å²) in [7, 11) is 0. The van der Waals surface area contributed by atoms with Crippen molar-refractivity contribution in [3.63, 3.8) is 0 Å². The normalized spacial score (nSPS) is 37.1. The Morgan fingerprint density at radius 3 is 2.55 bits per heavy atom. The summed E-state index contributed by atoms with van der Waals surface area (Å²) in [6, 6.07) is 7.99. The number of carbonyl (C=O) groups is 3. The minimum Gasteiger partial charge on any atom is -0.480 e. The number of carboxylic acids is 1. The first-order valence-electron chi connectivity index (χ1n) is 14.9. The smallest absolute Gasteiger partial charge is 0.326 e. The standard InChI is InChI=1S/C32H42N2O8/c1-30-12-10-21(34-42-18-27(38)33-24(29(39)40)14-19-6-4-3-5-7-19)15-20(30)8-9-22-23-11-13-32(41,26(37)17-35)31(23,2)16-25(36)28(22)30/h3-7,15,22-25,28,35-36,41H,8-14,16-18H2,1-2H3,(H,33,38)(H,39,40)/b34-21+/t22-,23-,24+,25+,28+,30-,31-,32-/m0/s1. The van der Waals surface area contributed by atoms with Gasteiger partial charge in [-0.15, -0.1) is 0 Å². The number of carbonyl (C=O) groups excluding carboxylic acids is 2. The number of fused-ring (bicyclic) bond motifs is 5. The van der Waals surface area contributed by atoms with E-state index in [0.717, 1.165) is 24.8 Å². The van der Waals surface area contributed by atoms with Crippen molar-refractivity contribution in [3.8, 4) is 0 Å². The van der Waals surface area contributed by atoms with Crippen LogP contribution in [0, 0.1) is 28.6 Å². The van der Waals surface area contributed by atoms with E-state index in [1.54, 1.807) is 12.1 Å². The van der Waals surface area contributed by atoms with E-state index in [-0.39, 0.29) is 29.6 Å². The number of oxime groups is 1. The number of nitrogens with one attached hydrogen (secondary N) is 1. The van der Waals surface area contributed by atoms with Crippen molar-refractivity contribution >= 4 is 23.4 Å². The first-order valence-corrected chi connectivity index (χ1v) is 14.9. The van der Waals surface area contributed by atoms with Gasteiger partial charge in [-0.25, -0.2) is 4.79 Å². The van der Waals surface area contributed by atoms with Crippen molar-refractivity contribution in [2.24, 2.45) is 33.7 Å². The third-order valence-corrected chi connectivity index (χ3v) is 11.0. The number of carboxylic acid groups (broad SMARTS) is 1. The molecule has 42 heavy (non-hydrogen) atoms. The van der Waals surface area contributed by atoms with Crippen molar-refractivity contribution in [2.75, 3.05) is 13.2 Å². The van der Waals surface area contributed by atoms with Gasteiger partial charge in [-0.05, 0) is 79.8 Å². The van der Waals surface area contributed by atoms with Crippen LogP contribution in [0.25, 0.3) is 0 Å². The average Bonchev–Trinajstić information content (AvgIpc) is 3.23. The van der Waals surface area contributed by atoms with Gasteiger partial charge in [0.05, 0.1) is 11.8 Å². The molecule has 4 aliphatic carbocycles. The van der Waals surface area contributed by atoms with Crippen LogP contribution in [0.3, 0.4) is 0 Å². The summed E-state index contributed by atoms with van der Waals surface area (Å²) in [6.07, 6.45) is 5.74. The van der Waals surface area contributed by atoms with Crippen LogP contribution in [0.2, 0.25) is 0 Å². The molecule has 1 aromatic carbocycles. The van der Waals surface area contributed by atoms with E-state index >= 15 is 0 Å². The molecular weight excluding hydrogens is 540 g/mol. The topological polar surface area (TPSA) is 166 Å². The van der Waals surface area contributed by atoms with Crippen molar-refractivity contribution in [1.29, 1.82) is 0 Å². The van der Waals surface area contributed by atoms with E-state index < -0.39 is 54.0 Å². The predicted molar refractivity (Wildman–Crippen MR) is 153 cm³/mol. The molecule has 8 atom stereocenters. The molecule has 5 N–H and O–H groups in total. The number of aliphatic hydroxyl groups excluding tert-OH is 2. The molecule has 228 valence electrons. The molecule has 0 bridgehead atoms. The zero-order valence-electron chi connectivity index (χ0n) is 24.3. The Balaban J connectivity index is 1.23. The number of allylic oxidation sites excluding steroid dienone is 2. The molecule has 5 rings (SSSR count). The van der Waals surface area contributed by atoms with Crippen LogP contribution in [0.1, 0.15) is 64.4 Å². The molecule has 0 unspecified atom stereocenters. The lowest BCUT2D eigenvalue weighted by atomic mass is 9.45. The number of rotatable bonds is 9. The fourth-order valence-corrected chi connectivity index (χ4v) is 8.82. The van der Waals surface area contributed by atoms with Gasteiger partial charge in [0, 0.05) is 11.8 Å². The molecule has 10 nitrogen and oxygen atoms in total. The number of aliphatic carboxylic acids is 1. The monoisotopic (exact) mass is 582 g/mol. The minimum absolute atomic E-state index is 0.0204. The zero-order valence-corrected chi connectivity index (χ0v) is 24.3. The molecule has 4 aliphatic rings. The van der Waals surface area contributed by atoms with Gasteiger partial charge < -0.3 is 30.6 Å². The highest BCUT2D eigenvalue weighted by Gasteiger charge is 2.68. The molecule has 0 aliphatic heterocycles. The van der Waals surface area contributed by atoms with Crippen LogP contribution in [0.4, 0.5) is 0 Å². The first-order chi connectivity index (χ1) is 19.9. The summed E-state index contributed by atoms with van der Waals surface area (Å²) >= 11 is 0. The molecule has 0 spiro atoms. The van der Waals surface area contributed by atoms with Crippen LogP contribution < -0.4 is 5.32 Å². The predicted octanol–water partition coefficient (Wildman–Crippen LogP) is 2.40. The second-order valence-corrected chi connectivity index (χ2v) is 13.1. The molecule has 0 heterocycles. The maximum absolute atomic E-state index is 12.6. The largest absolute Gasteiger partial charge is 0.480 e. The van der Waals surface area contributed by atoms with Gasteiger partial charge in [0.15, 0.2) is 12.4 Å². The lowest BCUT2D eigenvalue weighted by Crippen LogP contribution is -2.62. The molecule has 3 fully saturated rings. The van der Waals surface area contributed by atoms with E-state index in [9.17, 15) is 34.8 Å². The highest BCUT2D eigenvalue weighted by atomic mass is 16.6. The van der Waals surface area contributed by atoms with Crippen LogP contribution in [0.5, 0.6) is 0 Å². The third kappa shape index (κ3) is 5.18. The van der Waals surface area contributed by atoms with Crippen LogP contribution in [-0.2, 0) is 25.6 Å². The van der Waals surface area contributed by atoms with Crippen molar-refractivity contribution in [1.82, 2.24) is 5.32 Å². The second kappa shape index (κ2) is 11.5. The summed E-state index contributed by atoms with van der Waals surface area (Å²) < 4.78 is 0. The Bertz CT molecular complexity index is 1280. The summed E-state index contributed by atoms with van der Waals surface area (Å²) in [5, 5.41) is 48.7. The van der Waals surface area contributed by atoms with Crippen molar-refractivity contribution < 1.29 is 39.6 Å². The number of benzene rings is 1. The van der Waals surface area contributed by atoms with Crippen LogP contribution in [0.15, 0.2) is 47.1 Å². The molecule has 1 amide bonds. The maximum atomic E-state index is 12.6. The number of hydrogen-bond donors (Lipinski definition) is 5. The number of nitrogens with zero attached hydrogens (tertiary/aromatic N) is 1. The van der Waals surface area contributed by atoms with Crippen LogP contribution in [-0.4, -0.2) is 74.8 Å². The quantitative estimate of drug-likeness (QED) is 0.277. The van der Waals surface area contributed by atoms with Gasteiger partial charge in [0.2, 0.25) is 0 Å². The molecule has 0 saturated heterocycles. The van der Waals surface area contributed by atoms with E-state index in [0.29, 0.717) is 31.4 Å². The Morgan fingerprint density at radius 1 is 1.12 bits per heavy atom. The molecule has 10 heteroatoms. The van der Waals surface area contributed by atoms with Gasteiger partial charge in [-0.1, -0.05) is 54.9 Å². The van der Waals surface area contributed by atoms with Gasteiger partial charge >= 0.3 is 5.97 Å². The van der Waals surface area contributed by atoms with E-state index in [2.05, 4.69) is 17.4 Å². The highest BCUT2D eigenvalue weighted by molar-refractivity contribution is 5.96. The van der Waals surface area contributed by atoms with Crippen LogP contribution >= 0.6 is 0 Å². The Hall–Kier alpha value is -3.08. The lowest BCUT2D eigenvalue weighted by Gasteiger charge is -2.60. The van der Waals surface area contributed by atoms with E-state index in [1.165, 1.54) is 5.57 Å². The Labute approximate surface area is 245 Å². The first kappa shape index (κ1) is 30.4. The van der Waals surface area contributed by atoms with E-state index in [4.69, 9.17) is 4.84 Å². The van der Waals surface area contributed by atoms with Crippen molar-refractivity contribution in [2.45, 2.75) is 83.0 Å². The van der Waals surface area contributed by atoms with Gasteiger partial charge in [-0.2, -0.15) is 0 Å². The fourth-order valence-electron chi connectivity index (χ4n) is 8.82. The number of aliphatic hydroxyl groups is 3. The molecule has 3 saturated carbocycles.